The summed E-state index contributed by atoms with van der Waals surface area (Å²) in [6, 6.07) is 2.40. The van der Waals surface area contributed by atoms with Crippen LogP contribution in [0.2, 0.25) is 0 Å². The molecule has 0 bridgehead atoms. The molecule has 2 aliphatic rings. The Kier molecular flexibility index (Phi) is 5.46. The Morgan fingerprint density at radius 3 is 2.30 bits per heavy atom. The van der Waals surface area contributed by atoms with E-state index in [1.54, 1.807) is 0 Å². The largest absolute Gasteiger partial charge is 0.341 e. The van der Waals surface area contributed by atoms with E-state index in [9.17, 15) is 10.1 Å². The van der Waals surface area contributed by atoms with Crippen LogP contribution < -0.4 is 0 Å². The molecule has 0 spiro atoms. The molecule has 1 aliphatic heterocycles. The van der Waals surface area contributed by atoms with E-state index in [1.807, 2.05) is 4.90 Å². The number of nitrogens with zero attached hydrogens (tertiary/aromatic N) is 2. The third kappa shape index (κ3) is 3.34. The number of carbonyl (C=O) groups excluding carboxylic acids is 1. The molecule has 0 N–H and O–H groups in total. The van der Waals surface area contributed by atoms with Crippen LogP contribution in [-0.2, 0) is 4.79 Å². The molecule has 112 valence electrons. The standard InChI is InChI=1S/C17H28N2O/c1-2-7-15-8-12-19(13-9-15)16(20)17(14-18)10-5-3-4-6-11-17/h15H,2-13H2,1H3. The molecular weight excluding hydrogens is 248 g/mol. The van der Waals surface area contributed by atoms with E-state index in [-0.39, 0.29) is 5.91 Å². The second-order valence-electron chi connectivity index (χ2n) is 6.63. The van der Waals surface area contributed by atoms with Crippen LogP contribution in [0.25, 0.3) is 0 Å². The number of carbonyl (C=O) groups is 1. The number of rotatable bonds is 3. The number of amides is 1. The normalized spacial score (nSPS) is 23.9. The van der Waals surface area contributed by atoms with Gasteiger partial charge in [-0.3, -0.25) is 4.79 Å². The zero-order chi connectivity index (χ0) is 14.4. The van der Waals surface area contributed by atoms with Crippen LogP contribution in [-0.4, -0.2) is 23.9 Å². The van der Waals surface area contributed by atoms with Crippen molar-refractivity contribution in [3.63, 3.8) is 0 Å². The minimum atomic E-state index is -0.700. The number of likely N-dealkylation sites (tertiary alicyclic amines) is 1. The van der Waals surface area contributed by atoms with E-state index in [0.29, 0.717) is 0 Å². The lowest BCUT2D eigenvalue weighted by molar-refractivity contribution is -0.141. The van der Waals surface area contributed by atoms with E-state index < -0.39 is 5.41 Å². The van der Waals surface area contributed by atoms with Gasteiger partial charge < -0.3 is 4.90 Å². The van der Waals surface area contributed by atoms with E-state index >= 15 is 0 Å². The summed E-state index contributed by atoms with van der Waals surface area (Å²) in [6.45, 7) is 3.97. The van der Waals surface area contributed by atoms with Gasteiger partial charge in [0.1, 0.15) is 5.41 Å². The Hall–Kier alpha value is -1.04. The Balaban J connectivity index is 1.97. The lowest BCUT2D eigenvalue weighted by Crippen LogP contribution is -2.46. The maximum absolute atomic E-state index is 12.8. The molecule has 0 radical (unpaired) electrons. The zero-order valence-electron chi connectivity index (χ0n) is 12.9. The molecule has 3 heteroatoms. The van der Waals surface area contributed by atoms with Crippen LogP contribution in [0.15, 0.2) is 0 Å². The van der Waals surface area contributed by atoms with Gasteiger partial charge in [-0.15, -0.1) is 0 Å². The molecule has 20 heavy (non-hydrogen) atoms. The van der Waals surface area contributed by atoms with Gasteiger partial charge in [0.05, 0.1) is 6.07 Å². The summed E-state index contributed by atoms with van der Waals surface area (Å²) < 4.78 is 0. The second-order valence-corrected chi connectivity index (χ2v) is 6.63. The highest BCUT2D eigenvalue weighted by Gasteiger charge is 2.42. The predicted octanol–water partition coefficient (Wildman–Crippen LogP) is 3.89. The van der Waals surface area contributed by atoms with E-state index in [0.717, 1.165) is 57.5 Å². The zero-order valence-corrected chi connectivity index (χ0v) is 12.9. The van der Waals surface area contributed by atoms with Crippen molar-refractivity contribution in [1.82, 2.24) is 4.90 Å². The third-order valence-electron chi connectivity index (χ3n) is 5.18. The van der Waals surface area contributed by atoms with Gasteiger partial charge >= 0.3 is 0 Å². The van der Waals surface area contributed by atoms with Crippen molar-refractivity contribution in [3.05, 3.63) is 0 Å². The summed E-state index contributed by atoms with van der Waals surface area (Å²) >= 11 is 0. The van der Waals surface area contributed by atoms with Crippen molar-refractivity contribution < 1.29 is 4.79 Å². The SMILES string of the molecule is CCCC1CCN(C(=O)C2(C#N)CCCCCC2)CC1. The molecular formula is C17H28N2O. The average molecular weight is 276 g/mol. The number of piperidine rings is 1. The Morgan fingerprint density at radius 2 is 1.80 bits per heavy atom. The van der Waals surface area contributed by atoms with Crippen molar-refractivity contribution in [3.8, 4) is 6.07 Å². The summed E-state index contributed by atoms with van der Waals surface area (Å²) in [6.07, 6.45) is 10.7. The van der Waals surface area contributed by atoms with E-state index in [1.165, 1.54) is 25.7 Å². The summed E-state index contributed by atoms with van der Waals surface area (Å²) in [7, 11) is 0. The molecule has 3 nitrogen and oxygen atoms in total. The molecule has 0 aromatic heterocycles. The first-order valence-electron chi connectivity index (χ1n) is 8.42. The Morgan fingerprint density at radius 1 is 1.20 bits per heavy atom. The van der Waals surface area contributed by atoms with Crippen molar-refractivity contribution >= 4 is 5.91 Å². The minimum Gasteiger partial charge on any atom is -0.341 e. The fraction of sp³-hybridized carbons (Fsp3) is 0.882. The van der Waals surface area contributed by atoms with E-state index in [2.05, 4.69) is 13.0 Å². The van der Waals surface area contributed by atoms with Crippen LogP contribution in [0.4, 0.5) is 0 Å². The van der Waals surface area contributed by atoms with Gasteiger partial charge in [0.2, 0.25) is 5.91 Å². The summed E-state index contributed by atoms with van der Waals surface area (Å²) in [5.41, 5.74) is -0.700. The first-order valence-corrected chi connectivity index (χ1v) is 8.42. The quantitative estimate of drug-likeness (QED) is 0.734. The van der Waals surface area contributed by atoms with Crippen LogP contribution in [0.5, 0.6) is 0 Å². The molecule has 0 atom stereocenters. The highest BCUT2D eigenvalue weighted by atomic mass is 16.2. The number of hydrogen-bond donors (Lipinski definition) is 0. The molecule has 0 aromatic carbocycles. The van der Waals surface area contributed by atoms with Gasteiger partial charge in [0.25, 0.3) is 0 Å². The topological polar surface area (TPSA) is 44.1 Å². The van der Waals surface area contributed by atoms with Gasteiger partial charge in [-0.25, -0.2) is 0 Å². The average Bonchev–Trinajstić information content (AvgIpc) is 2.74. The summed E-state index contributed by atoms with van der Waals surface area (Å²) in [4.78, 5) is 14.8. The van der Waals surface area contributed by atoms with Crippen LogP contribution in [0.1, 0.15) is 71.1 Å². The van der Waals surface area contributed by atoms with Crippen LogP contribution >= 0.6 is 0 Å². The Bertz CT molecular complexity index is 356. The first-order chi connectivity index (χ1) is 9.72. The number of hydrogen-bond acceptors (Lipinski definition) is 2. The molecule has 1 heterocycles. The van der Waals surface area contributed by atoms with Crippen molar-refractivity contribution in [2.75, 3.05) is 13.1 Å². The monoisotopic (exact) mass is 276 g/mol. The minimum absolute atomic E-state index is 0.136. The van der Waals surface area contributed by atoms with Gasteiger partial charge in [-0.2, -0.15) is 5.26 Å². The highest BCUT2D eigenvalue weighted by Crippen LogP contribution is 2.37. The third-order valence-corrected chi connectivity index (χ3v) is 5.18. The Labute approximate surface area is 123 Å². The van der Waals surface area contributed by atoms with Crippen LogP contribution in [0.3, 0.4) is 0 Å². The van der Waals surface area contributed by atoms with Gasteiger partial charge in [0.15, 0.2) is 0 Å². The second kappa shape index (κ2) is 7.11. The molecule has 1 saturated heterocycles. The molecule has 1 aliphatic carbocycles. The maximum Gasteiger partial charge on any atom is 0.243 e. The smallest absolute Gasteiger partial charge is 0.243 e. The van der Waals surface area contributed by atoms with E-state index in [4.69, 9.17) is 0 Å². The van der Waals surface area contributed by atoms with Gasteiger partial charge in [-0.05, 0) is 31.6 Å². The molecule has 2 rings (SSSR count). The lowest BCUT2D eigenvalue weighted by atomic mass is 9.79. The first kappa shape index (κ1) is 15.4. The van der Waals surface area contributed by atoms with Gasteiger partial charge in [-0.1, -0.05) is 45.4 Å². The molecule has 0 aromatic rings. The highest BCUT2D eigenvalue weighted by molar-refractivity contribution is 5.85. The fourth-order valence-corrected chi connectivity index (χ4v) is 3.84. The lowest BCUT2D eigenvalue weighted by Gasteiger charge is -2.37. The van der Waals surface area contributed by atoms with Crippen LogP contribution in [0, 0.1) is 22.7 Å². The molecule has 0 unspecified atom stereocenters. The molecule has 2 fully saturated rings. The number of nitriles is 1. The molecule has 1 amide bonds. The van der Waals surface area contributed by atoms with Crippen molar-refractivity contribution in [1.29, 1.82) is 5.26 Å². The summed E-state index contributed by atoms with van der Waals surface area (Å²) in [5, 5.41) is 9.61. The summed E-state index contributed by atoms with van der Waals surface area (Å²) in [5.74, 6) is 0.924. The van der Waals surface area contributed by atoms with Crippen molar-refractivity contribution in [2.24, 2.45) is 11.3 Å². The van der Waals surface area contributed by atoms with Gasteiger partial charge in [0, 0.05) is 13.1 Å². The molecule has 1 saturated carbocycles. The maximum atomic E-state index is 12.8. The van der Waals surface area contributed by atoms with Crippen molar-refractivity contribution in [2.45, 2.75) is 71.1 Å². The fourth-order valence-electron chi connectivity index (χ4n) is 3.84. The predicted molar refractivity (Wildman–Crippen MR) is 80.0 cm³/mol.